The summed E-state index contributed by atoms with van der Waals surface area (Å²) in [5, 5.41) is 10.3. The summed E-state index contributed by atoms with van der Waals surface area (Å²) in [6.45, 7) is 8.56. The lowest BCUT2D eigenvalue weighted by molar-refractivity contribution is 1.26. The van der Waals surface area contributed by atoms with E-state index in [1.165, 1.54) is 98.7 Å². The highest BCUT2D eigenvalue weighted by atomic mass is 15.1. The van der Waals surface area contributed by atoms with Gasteiger partial charge in [0.15, 0.2) is 0 Å². The van der Waals surface area contributed by atoms with Gasteiger partial charge in [0.2, 0.25) is 0 Å². The molecule has 2 heteroatoms. The average Bonchev–Trinajstić information content (AvgIpc) is 1.02. The second-order valence-electron chi connectivity index (χ2n) is 22.4. The molecule has 0 aromatic heterocycles. The summed E-state index contributed by atoms with van der Waals surface area (Å²) in [5.74, 6) is 0. The highest BCUT2D eigenvalue weighted by molar-refractivity contribution is 6.25. The van der Waals surface area contributed by atoms with Gasteiger partial charge in [-0.3, -0.25) is 0 Å². The molecule has 0 bridgehead atoms. The van der Waals surface area contributed by atoms with E-state index in [0.29, 0.717) is 0 Å². The fraction of sp³-hybridized carbons (Fsp3) is 0.0476. The van der Waals surface area contributed by atoms with E-state index in [-0.39, 0.29) is 0 Å². The number of hydrogen-bond acceptors (Lipinski definition) is 2. The van der Waals surface area contributed by atoms with Gasteiger partial charge in [-0.1, -0.05) is 255 Å². The van der Waals surface area contributed by atoms with Crippen LogP contribution < -0.4 is 9.80 Å². The number of benzene rings is 14. The second kappa shape index (κ2) is 24.6. The molecule has 0 aliphatic rings. The molecule has 0 saturated carbocycles. The number of hydrogen-bond donors (Lipinski definition) is 0. The first-order valence-corrected chi connectivity index (χ1v) is 29.7. The smallest absolute Gasteiger partial charge is 0.0464 e. The van der Waals surface area contributed by atoms with Crippen molar-refractivity contribution in [3.63, 3.8) is 0 Å². The number of nitrogens with zero attached hydrogens (tertiary/aromatic N) is 2. The zero-order valence-electron chi connectivity index (χ0n) is 49.1. The first-order valence-electron chi connectivity index (χ1n) is 29.7. The predicted octanol–water partition coefficient (Wildman–Crippen LogP) is 23.8. The lowest BCUT2D eigenvalue weighted by atomic mass is 9.84. The van der Waals surface area contributed by atoms with E-state index in [4.69, 9.17) is 0 Å². The van der Waals surface area contributed by atoms with Crippen LogP contribution in [0.4, 0.5) is 34.1 Å². The molecular formula is C84H66N2. The minimum absolute atomic E-state index is 1.13. The lowest BCUT2D eigenvalue weighted by Gasteiger charge is -2.26. The molecule has 0 saturated heterocycles. The number of fused-ring (bicyclic) bond motifs is 4. The van der Waals surface area contributed by atoms with Crippen LogP contribution in [0.2, 0.25) is 0 Å². The van der Waals surface area contributed by atoms with Crippen LogP contribution in [0.3, 0.4) is 0 Å². The quantitative estimate of drug-likeness (QED) is 0.0889. The van der Waals surface area contributed by atoms with Gasteiger partial charge in [-0.2, -0.15) is 0 Å². The van der Waals surface area contributed by atoms with E-state index in [1.54, 1.807) is 0 Å². The first kappa shape index (κ1) is 54.4. The predicted molar refractivity (Wildman–Crippen MR) is 373 cm³/mol. The van der Waals surface area contributed by atoms with Gasteiger partial charge < -0.3 is 9.80 Å². The van der Waals surface area contributed by atoms with E-state index in [2.05, 4.69) is 365 Å². The van der Waals surface area contributed by atoms with Gasteiger partial charge in [-0.15, -0.1) is 0 Å². The summed E-state index contributed by atoms with van der Waals surface area (Å²) in [6, 6.07) is 109. The average molecular weight is 1100 g/mol. The van der Waals surface area contributed by atoms with Crippen LogP contribution in [0.1, 0.15) is 44.5 Å². The van der Waals surface area contributed by atoms with Crippen molar-refractivity contribution in [1.29, 1.82) is 0 Å². The standard InChI is InChI=1S/C50H44N2.C34H22/c1-37-9-5-13-47(33-37)51(48-14-6-10-38(2)34-48)45-29-25-43(26-30-45)23-21-41-17-19-42(20-18-41)22-24-44-27-31-46(32-28-44)52(49-15-7-11-39(3)35-49)50-16-8-12-40(4)36-50;1-3-15-25-23(11-1)13-9-21-27(25)33-29-17-5-7-19-31(29)34(32-20-8-6-18-30(32)33)28-22-10-14-24-12-2-4-16-26(24)28/h5-36H,1-4H3;1-22H/b23-21+,24-22+;. The maximum Gasteiger partial charge on any atom is 0.0464 e. The van der Waals surface area contributed by atoms with Gasteiger partial charge in [0.1, 0.15) is 0 Å². The number of rotatable bonds is 12. The minimum atomic E-state index is 1.13. The van der Waals surface area contributed by atoms with Crippen molar-refractivity contribution in [2.24, 2.45) is 0 Å². The monoisotopic (exact) mass is 1100 g/mol. The molecule has 0 N–H and O–H groups in total. The van der Waals surface area contributed by atoms with Gasteiger partial charge in [-0.05, 0) is 210 Å². The van der Waals surface area contributed by atoms with Crippen LogP contribution in [0.25, 0.3) is 89.6 Å². The third-order valence-electron chi connectivity index (χ3n) is 16.3. The largest absolute Gasteiger partial charge is 0.310 e. The Kier molecular flexibility index (Phi) is 15.6. The van der Waals surface area contributed by atoms with E-state index in [9.17, 15) is 0 Å². The molecule has 0 heterocycles. The van der Waals surface area contributed by atoms with Gasteiger partial charge in [0, 0.05) is 34.1 Å². The van der Waals surface area contributed by atoms with Crippen molar-refractivity contribution in [3.8, 4) is 22.3 Å². The summed E-state index contributed by atoms with van der Waals surface area (Å²) in [4.78, 5) is 4.64. The molecule has 0 unspecified atom stereocenters. The molecule has 2 nitrogen and oxygen atoms in total. The molecule has 412 valence electrons. The normalized spacial score (nSPS) is 11.4. The Morgan fingerprint density at radius 3 is 0.744 bits per heavy atom. The minimum Gasteiger partial charge on any atom is -0.310 e. The topological polar surface area (TPSA) is 6.48 Å². The van der Waals surface area contributed by atoms with Crippen molar-refractivity contribution < 1.29 is 0 Å². The summed E-state index contributed by atoms with van der Waals surface area (Å²) >= 11 is 0. The maximum atomic E-state index is 2.32. The molecule has 14 rings (SSSR count). The van der Waals surface area contributed by atoms with Gasteiger partial charge >= 0.3 is 0 Å². The highest BCUT2D eigenvalue weighted by Crippen LogP contribution is 2.47. The Labute approximate surface area is 506 Å². The van der Waals surface area contributed by atoms with Crippen molar-refractivity contribution in [2.45, 2.75) is 27.7 Å². The summed E-state index contributed by atoms with van der Waals surface area (Å²) < 4.78 is 0. The molecule has 0 atom stereocenters. The number of aryl methyl sites for hydroxylation is 4. The first-order chi connectivity index (χ1) is 42.3. The molecule has 0 aliphatic carbocycles. The maximum absolute atomic E-state index is 2.32. The zero-order valence-corrected chi connectivity index (χ0v) is 49.1. The van der Waals surface area contributed by atoms with E-state index in [1.807, 2.05) is 0 Å². The van der Waals surface area contributed by atoms with Gasteiger partial charge in [0.05, 0.1) is 0 Å². The molecule has 14 aromatic rings. The Morgan fingerprint density at radius 2 is 0.453 bits per heavy atom. The van der Waals surface area contributed by atoms with E-state index in [0.717, 1.165) is 45.3 Å². The van der Waals surface area contributed by atoms with E-state index < -0.39 is 0 Å². The molecule has 0 amide bonds. The summed E-state index contributed by atoms with van der Waals surface area (Å²) in [7, 11) is 0. The molecule has 0 fully saturated rings. The van der Waals surface area contributed by atoms with Crippen LogP contribution in [0.5, 0.6) is 0 Å². The Morgan fingerprint density at radius 1 is 0.209 bits per heavy atom. The van der Waals surface area contributed by atoms with Crippen molar-refractivity contribution >= 4 is 102 Å². The van der Waals surface area contributed by atoms with Crippen molar-refractivity contribution in [3.05, 3.63) is 348 Å². The van der Waals surface area contributed by atoms with Gasteiger partial charge in [0.25, 0.3) is 0 Å². The Hall–Kier alpha value is -10.8. The third-order valence-corrected chi connectivity index (χ3v) is 16.3. The SMILES string of the molecule is Cc1cccc(N(c2ccc(/C=C/c3ccc(/C=C/c4ccc(N(c5cccc(C)c5)c5cccc(C)c5)cc4)cc3)cc2)c2cccc(C)c2)c1.c1ccc2c(-c3c4ccccc4c(-c4cccc5ccccc45)c4ccccc34)cccc2c1. The van der Waals surface area contributed by atoms with Crippen LogP contribution in [-0.4, -0.2) is 0 Å². The Bertz CT molecular complexity index is 4330. The van der Waals surface area contributed by atoms with Gasteiger partial charge in [-0.25, -0.2) is 0 Å². The van der Waals surface area contributed by atoms with Crippen LogP contribution in [-0.2, 0) is 0 Å². The highest BCUT2D eigenvalue weighted by Gasteiger charge is 2.20. The van der Waals surface area contributed by atoms with Crippen LogP contribution in [0.15, 0.2) is 303 Å². The fourth-order valence-corrected chi connectivity index (χ4v) is 12.1. The lowest BCUT2D eigenvalue weighted by Crippen LogP contribution is -2.10. The molecule has 0 radical (unpaired) electrons. The fourth-order valence-electron chi connectivity index (χ4n) is 12.1. The van der Waals surface area contributed by atoms with Crippen LogP contribution in [0, 0.1) is 27.7 Å². The van der Waals surface area contributed by atoms with Crippen molar-refractivity contribution in [2.75, 3.05) is 9.80 Å². The second-order valence-corrected chi connectivity index (χ2v) is 22.4. The third kappa shape index (κ3) is 11.6. The Balaban J connectivity index is 0.000000173. The summed E-state index contributed by atoms with van der Waals surface area (Å²) in [6.07, 6.45) is 8.70. The molecule has 86 heavy (non-hydrogen) atoms. The molecule has 0 aliphatic heterocycles. The molecule has 14 aromatic carbocycles. The van der Waals surface area contributed by atoms with Crippen LogP contribution >= 0.6 is 0 Å². The summed E-state index contributed by atoms with van der Waals surface area (Å²) in [5.41, 5.74) is 21.7. The van der Waals surface area contributed by atoms with E-state index >= 15 is 0 Å². The molecule has 0 spiro atoms. The number of anilines is 6. The van der Waals surface area contributed by atoms with Crippen molar-refractivity contribution in [1.82, 2.24) is 0 Å². The molecular weight excluding hydrogens is 1040 g/mol. The zero-order chi connectivity index (χ0) is 58.3.